The summed E-state index contributed by atoms with van der Waals surface area (Å²) >= 11 is 0. The predicted molar refractivity (Wildman–Crippen MR) is 104 cm³/mol. The molecule has 130 valence electrons. The smallest absolute Gasteiger partial charge is 0.212 e. The van der Waals surface area contributed by atoms with Crippen LogP contribution in [0.25, 0.3) is 0 Å². The fraction of sp³-hybridized carbons (Fsp3) is 0.421. The topological polar surface area (TPSA) is 49.3 Å². The van der Waals surface area contributed by atoms with Crippen LogP contribution in [-0.2, 0) is 6.42 Å². The van der Waals surface area contributed by atoms with Crippen molar-refractivity contribution in [2.75, 3.05) is 38.1 Å². The molecule has 3 rings (SSSR count). The van der Waals surface area contributed by atoms with Gasteiger partial charge in [0.25, 0.3) is 0 Å². The summed E-state index contributed by atoms with van der Waals surface area (Å²) in [7, 11) is 4.02. The molecule has 25 heavy (non-hydrogen) atoms. The van der Waals surface area contributed by atoms with Crippen molar-refractivity contribution in [3.8, 4) is 0 Å². The van der Waals surface area contributed by atoms with Gasteiger partial charge in [-0.1, -0.05) is 13.0 Å². The third-order valence-electron chi connectivity index (χ3n) is 4.81. The summed E-state index contributed by atoms with van der Waals surface area (Å²) in [5.41, 5.74) is 2.97. The molecule has 0 aliphatic carbocycles. The Hall–Kier alpha value is -2.21. The van der Waals surface area contributed by atoms with Gasteiger partial charge in [-0.05, 0) is 50.2 Å². The molecule has 6 heteroatoms. The number of rotatable bonds is 4. The molecular weight excluding hydrogens is 311 g/mol. The summed E-state index contributed by atoms with van der Waals surface area (Å²) in [5.74, 6) is 0.840. The van der Waals surface area contributed by atoms with Crippen molar-refractivity contribution in [2.45, 2.75) is 19.8 Å². The van der Waals surface area contributed by atoms with Crippen LogP contribution >= 0.6 is 0 Å². The Morgan fingerprint density at radius 1 is 1.24 bits per heavy atom. The number of nitrogens with zero attached hydrogens (tertiary/aromatic N) is 4. The molecule has 0 bridgehead atoms. The van der Waals surface area contributed by atoms with Crippen LogP contribution in [-0.4, -0.2) is 61.7 Å². The summed E-state index contributed by atoms with van der Waals surface area (Å²) < 4.78 is 0. The highest BCUT2D eigenvalue weighted by Crippen LogP contribution is 2.16. The summed E-state index contributed by atoms with van der Waals surface area (Å²) in [6.07, 6.45) is 3.81. The molecule has 2 aromatic rings. The van der Waals surface area contributed by atoms with Gasteiger partial charge in [-0.2, -0.15) is 0 Å². The van der Waals surface area contributed by atoms with Crippen molar-refractivity contribution in [1.29, 1.82) is 0 Å². The molecule has 1 saturated heterocycles. The van der Waals surface area contributed by atoms with Crippen molar-refractivity contribution in [3.63, 3.8) is 0 Å². The van der Waals surface area contributed by atoms with Crippen LogP contribution in [0.5, 0.6) is 0 Å². The first kappa shape index (κ1) is 17.6. The minimum atomic E-state index is -0.0471. The van der Waals surface area contributed by atoms with E-state index < -0.39 is 0 Å². The number of aryl methyl sites for hydroxylation is 1. The molecule has 0 saturated carbocycles. The Bertz CT molecular complexity index is 765. The number of anilines is 1. The van der Waals surface area contributed by atoms with Gasteiger partial charge in [-0.3, -0.25) is 9.78 Å². The van der Waals surface area contributed by atoms with Gasteiger partial charge in [0.2, 0.25) is 5.78 Å². The summed E-state index contributed by atoms with van der Waals surface area (Å²) in [4.78, 5) is 26.6. The lowest BCUT2D eigenvalue weighted by molar-refractivity contribution is 0.103. The lowest BCUT2D eigenvalue weighted by Crippen LogP contribution is -2.30. The number of hydrogen-bond donors (Lipinski definition) is 0. The van der Waals surface area contributed by atoms with Crippen molar-refractivity contribution in [1.82, 2.24) is 14.9 Å². The first-order valence-corrected chi connectivity index (χ1v) is 8.99. The van der Waals surface area contributed by atoms with Gasteiger partial charge in [0.05, 0.1) is 0 Å². The molecule has 1 aliphatic heterocycles. The molecule has 0 N–H and O–H groups in total. The monoisotopic (exact) mass is 336 g/mol. The van der Waals surface area contributed by atoms with E-state index in [0.717, 1.165) is 56.0 Å². The van der Waals surface area contributed by atoms with E-state index in [1.165, 1.54) is 0 Å². The molecule has 0 atom stereocenters. The van der Waals surface area contributed by atoms with Gasteiger partial charge < -0.3 is 9.80 Å². The lowest BCUT2D eigenvalue weighted by Gasteiger charge is -2.22. The van der Waals surface area contributed by atoms with Crippen LogP contribution in [0.4, 0.5) is 5.82 Å². The molecule has 0 radical (unpaired) electrons. The molecule has 0 amide bonds. The zero-order chi connectivity index (χ0) is 17.8. The number of likely N-dealkylation sites (N-methyl/N-ethyl adjacent to an activating group) is 1. The Morgan fingerprint density at radius 3 is 2.88 bits per heavy atom. The molecule has 5 nitrogen and oxygen atoms in total. The van der Waals surface area contributed by atoms with Gasteiger partial charge >= 0.3 is 0 Å². The van der Waals surface area contributed by atoms with Crippen LogP contribution in [0.3, 0.4) is 0 Å². The first-order valence-electron chi connectivity index (χ1n) is 8.99. The fourth-order valence-corrected chi connectivity index (χ4v) is 3.14. The van der Waals surface area contributed by atoms with E-state index >= 15 is 0 Å². The number of hydrogen-bond acceptors (Lipinski definition) is 5. The minimum Gasteiger partial charge on any atom is -0.355 e. The molecule has 0 spiro atoms. The Balaban J connectivity index is 1.87. The van der Waals surface area contributed by atoms with E-state index in [0.29, 0.717) is 11.3 Å². The second-order valence-corrected chi connectivity index (χ2v) is 6.68. The van der Waals surface area contributed by atoms with E-state index in [9.17, 15) is 4.79 Å². The summed E-state index contributed by atoms with van der Waals surface area (Å²) in [6.45, 7) is 6.09. The van der Waals surface area contributed by atoms with Gasteiger partial charge in [0, 0.05) is 37.0 Å². The number of carbonyl (C=O) groups is 1. The van der Waals surface area contributed by atoms with Crippen LogP contribution in [0, 0.1) is 0 Å². The highest BCUT2D eigenvalue weighted by atomic mass is 16.1. The number of carbonyl (C=O) groups excluding carboxylic acids is 1. The molecule has 2 aromatic heterocycles. The van der Waals surface area contributed by atoms with E-state index in [2.05, 4.69) is 33.7 Å². The third-order valence-corrected chi connectivity index (χ3v) is 4.81. The molecule has 0 unspecified atom stereocenters. The van der Waals surface area contributed by atoms with Crippen LogP contribution in [0.1, 0.15) is 35.0 Å². The molecule has 1 aliphatic rings. The second kappa shape index (κ2) is 7.78. The summed E-state index contributed by atoms with van der Waals surface area (Å²) in [5, 5.41) is 0. The number of aromatic nitrogens is 2. The molecular formula is C19H25BN4O. The van der Waals surface area contributed by atoms with E-state index in [1.807, 2.05) is 32.2 Å². The Morgan fingerprint density at radius 2 is 2.08 bits per heavy atom. The molecule has 1 fully saturated rings. The minimum absolute atomic E-state index is 0.0471. The predicted octanol–water partition coefficient (Wildman–Crippen LogP) is 0.670. The quantitative estimate of drug-likeness (QED) is 0.607. The van der Waals surface area contributed by atoms with E-state index in [4.69, 9.17) is 0 Å². The second-order valence-electron chi connectivity index (χ2n) is 6.68. The molecule has 3 heterocycles. The zero-order valence-corrected chi connectivity index (χ0v) is 15.3. The largest absolute Gasteiger partial charge is 0.355 e. The standard InChI is InChI=1S/C19H25BN4O/c1-3-14-12-15(19(20)21-13-14)18(25)16-6-4-7-17(22-16)24-9-5-8-23(2)10-11-24/h4,6-7,12-13H,3,5,8-11,20H2,1-2H3. The van der Waals surface area contributed by atoms with Gasteiger partial charge in [-0.25, -0.2) is 4.98 Å². The SMILES string of the molecule is Bc1ncc(CC)cc1C(=O)c1cccc(N2CCCN(C)CC2)n1. The van der Waals surface area contributed by atoms with Gasteiger partial charge in [-0.15, -0.1) is 0 Å². The van der Waals surface area contributed by atoms with Crippen LogP contribution < -0.4 is 10.5 Å². The Labute approximate surface area is 150 Å². The fourth-order valence-electron chi connectivity index (χ4n) is 3.14. The van der Waals surface area contributed by atoms with E-state index in [-0.39, 0.29) is 5.78 Å². The Kier molecular flexibility index (Phi) is 5.48. The van der Waals surface area contributed by atoms with Gasteiger partial charge in [0.15, 0.2) is 7.85 Å². The average molecular weight is 336 g/mol. The summed E-state index contributed by atoms with van der Waals surface area (Å²) in [6, 6.07) is 7.67. The average Bonchev–Trinajstić information content (AvgIpc) is 2.86. The highest BCUT2D eigenvalue weighted by molar-refractivity contribution is 6.36. The van der Waals surface area contributed by atoms with Crippen molar-refractivity contribution in [2.24, 2.45) is 0 Å². The van der Waals surface area contributed by atoms with Crippen molar-refractivity contribution >= 4 is 25.0 Å². The lowest BCUT2D eigenvalue weighted by atomic mass is 9.92. The van der Waals surface area contributed by atoms with E-state index in [1.54, 1.807) is 6.07 Å². The van der Waals surface area contributed by atoms with Crippen LogP contribution in [0.2, 0.25) is 0 Å². The number of pyridine rings is 2. The van der Waals surface area contributed by atoms with Crippen LogP contribution in [0.15, 0.2) is 30.5 Å². The zero-order valence-electron chi connectivity index (χ0n) is 15.3. The van der Waals surface area contributed by atoms with Crippen molar-refractivity contribution in [3.05, 3.63) is 47.3 Å². The third kappa shape index (κ3) is 4.07. The number of ketones is 1. The maximum Gasteiger partial charge on any atom is 0.212 e. The molecule has 0 aromatic carbocycles. The maximum atomic E-state index is 13.0. The van der Waals surface area contributed by atoms with Gasteiger partial charge in [0.1, 0.15) is 11.5 Å². The highest BCUT2D eigenvalue weighted by Gasteiger charge is 2.18. The van der Waals surface area contributed by atoms with Crippen molar-refractivity contribution < 1.29 is 4.79 Å². The first-order chi connectivity index (χ1) is 12.1. The normalized spacial score (nSPS) is 15.8. The maximum absolute atomic E-state index is 13.0.